The molecule has 0 saturated carbocycles. The Bertz CT molecular complexity index is 521. The highest BCUT2D eigenvalue weighted by molar-refractivity contribution is 8.08. The van der Waals surface area contributed by atoms with Crippen LogP contribution in [-0.4, -0.2) is 11.0 Å². The molecule has 0 aromatic heterocycles. The van der Waals surface area contributed by atoms with Gasteiger partial charge in [-0.3, -0.25) is 4.79 Å². The minimum Gasteiger partial charge on any atom is -0.293 e. The number of carbonyl (C=O) groups is 1. The van der Waals surface area contributed by atoms with E-state index < -0.39 is 0 Å². The van der Waals surface area contributed by atoms with Gasteiger partial charge < -0.3 is 0 Å². The minimum absolute atomic E-state index is 0.111. The molecule has 1 nitrogen and oxygen atoms in total. The quantitative estimate of drug-likeness (QED) is 0.600. The van der Waals surface area contributed by atoms with Gasteiger partial charge in [0.2, 0.25) is 0 Å². The first-order valence-corrected chi connectivity index (χ1v) is 6.60. The van der Waals surface area contributed by atoms with Crippen molar-refractivity contribution in [3.05, 3.63) is 71.8 Å². The van der Waals surface area contributed by atoms with E-state index in [0.717, 1.165) is 5.56 Å². The molecule has 1 aliphatic heterocycles. The second-order valence-corrected chi connectivity index (χ2v) is 5.41. The third kappa shape index (κ3) is 2.13. The summed E-state index contributed by atoms with van der Waals surface area (Å²) in [6, 6.07) is 19.8. The van der Waals surface area contributed by atoms with Crippen LogP contribution in [0.4, 0.5) is 0 Å². The highest BCUT2D eigenvalue weighted by Gasteiger charge is 2.45. The van der Waals surface area contributed by atoms with Crippen LogP contribution >= 0.6 is 11.8 Å². The van der Waals surface area contributed by atoms with Gasteiger partial charge in [-0.25, -0.2) is 0 Å². The number of benzene rings is 2. The van der Waals surface area contributed by atoms with Crippen LogP contribution < -0.4 is 0 Å². The molecule has 0 amide bonds. The van der Waals surface area contributed by atoms with Gasteiger partial charge in [0.15, 0.2) is 5.78 Å². The SMILES string of the molecule is O=C(c1ccccc1)[C@@H]1S[C@H]1c1ccccc1. The molecule has 1 fully saturated rings. The number of carbonyl (C=O) groups excluding carboxylic acids is 1. The first kappa shape index (κ1) is 10.6. The number of hydrogen-bond donors (Lipinski definition) is 0. The molecule has 2 aromatic carbocycles. The molecule has 17 heavy (non-hydrogen) atoms. The molecule has 2 atom stereocenters. The van der Waals surface area contributed by atoms with E-state index in [2.05, 4.69) is 12.1 Å². The van der Waals surface area contributed by atoms with Crippen molar-refractivity contribution in [2.24, 2.45) is 0 Å². The first-order valence-electron chi connectivity index (χ1n) is 5.66. The van der Waals surface area contributed by atoms with Gasteiger partial charge in [0.1, 0.15) is 0 Å². The number of Topliss-reactive ketones (excluding diaryl/α,β-unsaturated/α-hetero) is 1. The summed E-state index contributed by atoms with van der Waals surface area (Å²) in [6.45, 7) is 0. The summed E-state index contributed by atoms with van der Waals surface area (Å²) in [5.74, 6) is 0.254. The zero-order valence-electron chi connectivity index (χ0n) is 9.24. The van der Waals surface area contributed by atoms with E-state index in [1.807, 2.05) is 48.5 Å². The Morgan fingerprint density at radius 3 is 2.12 bits per heavy atom. The Balaban J connectivity index is 1.76. The zero-order valence-corrected chi connectivity index (χ0v) is 10.1. The fourth-order valence-electron chi connectivity index (χ4n) is 1.97. The highest BCUT2D eigenvalue weighted by Crippen LogP contribution is 2.55. The van der Waals surface area contributed by atoms with Crippen molar-refractivity contribution in [2.45, 2.75) is 10.5 Å². The lowest BCUT2D eigenvalue weighted by Gasteiger charge is -1.98. The van der Waals surface area contributed by atoms with Crippen LogP contribution in [0.15, 0.2) is 60.7 Å². The number of thioether (sulfide) groups is 1. The summed E-state index contributed by atoms with van der Waals surface area (Å²) in [5.41, 5.74) is 2.08. The van der Waals surface area contributed by atoms with Crippen molar-refractivity contribution in [1.82, 2.24) is 0 Å². The Kier molecular flexibility index (Phi) is 2.73. The van der Waals surface area contributed by atoms with Gasteiger partial charge >= 0.3 is 0 Å². The van der Waals surface area contributed by atoms with Gasteiger partial charge in [-0.1, -0.05) is 60.7 Å². The highest BCUT2D eigenvalue weighted by atomic mass is 32.2. The Hall–Kier alpha value is -1.54. The lowest BCUT2D eigenvalue weighted by molar-refractivity contribution is 0.0997. The van der Waals surface area contributed by atoms with Gasteiger partial charge in [0.05, 0.1) is 5.25 Å². The summed E-state index contributed by atoms with van der Waals surface area (Å²) in [4.78, 5) is 12.2. The van der Waals surface area contributed by atoms with Crippen LogP contribution in [0.1, 0.15) is 21.2 Å². The normalized spacial score (nSPS) is 22.1. The number of rotatable bonds is 3. The van der Waals surface area contributed by atoms with E-state index in [9.17, 15) is 4.79 Å². The van der Waals surface area contributed by atoms with Crippen molar-refractivity contribution in [2.75, 3.05) is 0 Å². The lowest BCUT2D eigenvalue weighted by atomic mass is 10.0. The standard InChI is InChI=1S/C15H12OS/c16-13(11-7-3-1-4-8-11)15-14(17-15)12-9-5-2-6-10-12/h1-10,14-15H/t14-,15-/m0/s1. The second kappa shape index (κ2) is 4.38. The summed E-state index contributed by atoms with van der Waals surface area (Å²) < 4.78 is 0. The molecule has 0 aliphatic carbocycles. The molecule has 0 radical (unpaired) electrons. The Morgan fingerprint density at radius 2 is 1.47 bits per heavy atom. The molecule has 1 heterocycles. The van der Waals surface area contributed by atoms with Crippen LogP contribution in [0.5, 0.6) is 0 Å². The van der Waals surface area contributed by atoms with Crippen LogP contribution in [0.25, 0.3) is 0 Å². The van der Waals surface area contributed by atoms with Crippen molar-refractivity contribution in [3.63, 3.8) is 0 Å². The lowest BCUT2D eigenvalue weighted by Crippen LogP contribution is -2.06. The van der Waals surface area contributed by atoms with Crippen molar-refractivity contribution < 1.29 is 4.79 Å². The molecule has 0 spiro atoms. The van der Waals surface area contributed by atoms with E-state index in [4.69, 9.17) is 0 Å². The molecule has 2 heteroatoms. The van der Waals surface area contributed by atoms with Gasteiger partial charge in [0.25, 0.3) is 0 Å². The van der Waals surface area contributed by atoms with E-state index in [0.29, 0.717) is 5.25 Å². The topological polar surface area (TPSA) is 17.1 Å². The average Bonchev–Trinajstić information content (AvgIpc) is 3.20. The summed E-state index contributed by atoms with van der Waals surface area (Å²) >= 11 is 1.74. The summed E-state index contributed by atoms with van der Waals surface area (Å²) in [6.07, 6.45) is 0. The smallest absolute Gasteiger partial charge is 0.177 e. The molecule has 2 aromatic rings. The van der Waals surface area contributed by atoms with Crippen molar-refractivity contribution >= 4 is 17.5 Å². The van der Waals surface area contributed by atoms with Gasteiger partial charge in [0, 0.05) is 10.8 Å². The van der Waals surface area contributed by atoms with E-state index in [1.165, 1.54) is 5.56 Å². The van der Waals surface area contributed by atoms with Crippen molar-refractivity contribution in [3.8, 4) is 0 Å². The van der Waals surface area contributed by atoms with Crippen LogP contribution in [-0.2, 0) is 0 Å². The first-order chi connectivity index (χ1) is 8.36. The van der Waals surface area contributed by atoms with Gasteiger partial charge in [-0.05, 0) is 5.56 Å². The molecule has 0 N–H and O–H groups in total. The monoisotopic (exact) mass is 240 g/mol. The Morgan fingerprint density at radius 1 is 0.882 bits per heavy atom. The van der Waals surface area contributed by atoms with Gasteiger partial charge in [-0.2, -0.15) is 0 Å². The molecule has 1 aliphatic rings. The molecule has 0 bridgehead atoms. The fourth-order valence-corrected chi connectivity index (χ4v) is 3.05. The Labute approximate surface area is 105 Å². The molecule has 3 rings (SSSR count). The third-order valence-corrected chi connectivity index (χ3v) is 4.24. The number of ketones is 1. The predicted molar refractivity (Wildman–Crippen MR) is 71.3 cm³/mol. The molecule has 84 valence electrons. The van der Waals surface area contributed by atoms with Crippen LogP contribution in [0.2, 0.25) is 0 Å². The number of hydrogen-bond acceptors (Lipinski definition) is 2. The van der Waals surface area contributed by atoms with Crippen LogP contribution in [0, 0.1) is 0 Å². The third-order valence-electron chi connectivity index (χ3n) is 2.94. The maximum absolute atomic E-state index is 12.2. The second-order valence-electron chi connectivity index (χ2n) is 4.12. The maximum atomic E-state index is 12.2. The largest absolute Gasteiger partial charge is 0.293 e. The van der Waals surface area contributed by atoms with Crippen LogP contribution in [0.3, 0.4) is 0 Å². The predicted octanol–water partition coefficient (Wildman–Crippen LogP) is 3.73. The summed E-state index contributed by atoms with van der Waals surface area (Å²) in [5, 5.41) is 0.462. The van der Waals surface area contributed by atoms with Gasteiger partial charge in [-0.15, -0.1) is 11.8 Å². The zero-order chi connectivity index (χ0) is 11.7. The minimum atomic E-state index is 0.111. The summed E-state index contributed by atoms with van der Waals surface area (Å²) in [7, 11) is 0. The van der Waals surface area contributed by atoms with E-state index in [-0.39, 0.29) is 11.0 Å². The van der Waals surface area contributed by atoms with E-state index >= 15 is 0 Å². The van der Waals surface area contributed by atoms with E-state index in [1.54, 1.807) is 11.8 Å². The fraction of sp³-hybridized carbons (Fsp3) is 0.133. The molecule has 1 saturated heterocycles. The molecular weight excluding hydrogens is 228 g/mol. The van der Waals surface area contributed by atoms with Crippen molar-refractivity contribution in [1.29, 1.82) is 0 Å². The molecule has 0 unspecified atom stereocenters. The molecular formula is C15H12OS. The maximum Gasteiger partial charge on any atom is 0.177 e. The average molecular weight is 240 g/mol.